The molecule has 0 spiro atoms. The first-order chi connectivity index (χ1) is 10.1. The minimum absolute atomic E-state index is 0.00529. The molecule has 1 fully saturated rings. The molecule has 1 aliphatic rings. The first-order valence-electron chi connectivity index (χ1n) is 6.43. The molecule has 1 aromatic carbocycles. The number of rotatable bonds is 4. The van der Waals surface area contributed by atoms with E-state index in [9.17, 15) is 14.0 Å². The van der Waals surface area contributed by atoms with Crippen LogP contribution in [0.15, 0.2) is 41.0 Å². The average Bonchev–Trinajstić information content (AvgIpc) is 3.07. The summed E-state index contributed by atoms with van der Waals surface area (Å²) in [6.45, 7) is 0. The number of carboxylic acids is 1. The molecule has 108 valence electrons. The molecule has 0 saturated heterocycles. The lowest BCUT2D eigenvalue weighted by molar-refractivity contribution is -0.117. The van der Waals surface area contributed by atoms with E-state index in [1.165, 1.54) is 0 Å². The molecule has 1 aliphatic carbocycles. The molecule has 0 unspecified atom stereocenters. The fourth-order valence-electron chi connectivity index (χ4n) is 2.28. The first-order valence-corrected chi connectivity index (χ1v) is 6.43. The Hall–Kier alpha value is -2.63. The van der Waals surface area contributed by atoms with Crippen LogP contribution in [0.5, 0.6) is 0 Å². The van der Waals surface area contributed by atoms with Crippen molar-refractivity contribution < 1.29 is 23.5 Å². The summed E-state index contributed by atoms with van der Waals surface area (Å²) >= 11 is 0. The lowest BCUT2D eigenvalue weighted by Gasteiger charge is -2.07. The number of halogens is 1. The number of hydrogen-bond acceptors (Lipinski definition) is 3. The van der Waals surface area contributed by atoms with Gasteiger partial charge in [0.05, 0.1) is 17.5 Å². The van der Waals surface area contributed by atoms with Crippen molar-refractivity contribution in [3.8, 4) is 0 Å². The fourth-order valence-corrected chi connectivity index (χ4v) is 2.28. The minimum atomic E-state index is -1.18. The van der Waals surface area contributed by atoms with E-state index in [-0.39, 0.29) is 29.0 Å². The van der Waals surface area contributed by atoms with Crippen LogP contribution in [0.3, 0.4) is 0 Å². The minimum Gasteiger partial charge on any atom is -0.478 e. The van der Waals surface area contributed by atoms with Crippen molar-refractivity contribution in [2.24, 2.45) is 5.92 Å². The van der Waals surface area contributed by atoms with Gasteiger partial charge in [0.25, 0.3) is 0 Å². The molecule has 0 aliphatic heterocycles. The lowest BCUT2D eigenvalue weighted by Crippen LogP contribution is -2.16. The highest BCUT2D eigenvalue weighted by atomic mass is 19.1. The summed E-state index contributed by atoms with van der Waals surface area (Å²) in [4.78, 5) is 22.9. The van der Waals surface area contributed by atoms with Gasteiger partial charge < -0.3 is 14.8 Å². The number of hydrogen-bond donors (Lipinski definition) is 2. The van der Waals surface area contributed by atoms with Gasteiger partial charge in [-0.2, -0.15) is 0 Å². The summed E-state index contributed by atoms with van der Waals surface area (Å²) in [5.41, 5.74) is -0.199. The molecule has 1 saturated carbocycles. The number of furan rings is 1. The standard InChI is InChI=1S/C15H12FNO4/c16-11-4-3-8(15(19)20)6-12(11)17-14(18)10-7-9(10)13-2-1-5-21-13/h1-6,9-10H,7H2,(H,17,18)(H,19,20)/t9-,10+/m0/s1. The molecule has 21 heavy (non-hydrogen) atoms. The molecule has 3 rings (SSSR count). The van der Waals surface area contributed by atoms with Crippen molar-refractivity contribution >= 4 is 17.6 Å². The highest BCUT2D eigenvalue weighted by Crippen LogP contribution is 2.48. The number of anilines is 1. The molecule has 6 heteroatoms. The predicted octanol–water partition coefficient (Wildman–Crippen LogP) is 2.86. The van der Waals surface area contributed by atoms with E-state index in [4.69, 9.17) is 9.52 Å². The van der Waals surface area contributed by atoms with Gasteiger partial charge in [0.2, 0.25) is 5.91 Å². The van der Waals surface area contributed by atoms with Gasteiger partial charge >= 0.3 is 5.97 Å². The Morgan fingerprint density at radius 1 is 1.33 bits per heavy atom. The molecule has 0 bridgehead atoms. The van der Waals surface area contributed by atoms with Crippen LogP contribution in [0.1, 0.15) is 28.5 Å². The van der Waals surface area contributed by atoms with Gasteiger partial charge in [-0.05, 0) is 36.8 Å². The Morgan fingerprint density at radius 3 is 2.81 bits per heavy atom. The Kier molecular flexibility index (Phi) is 3.21. The van der Waals surface area contributed by atoms with Gasteiger partial charge in [0.15, 0.2) is 0 Å². The summed E-state index contributed by atoms with van der Waals surface area (Å²) in [6.07, 6.45) is 2.18. The second-order valence-electron chi connectivity index (χ2n) is 4.95. The Morgan fingerprint density at radius 2 is 2.14 bits per heavy atom. The smallest absolute Gasteiger partial charge is 0.335 e. The molecule has 0 radical (unpaired) electrons. The van der Waals surface area contributed by atoms with E-state index in [1.807, 2.05) is 0 Å². The van der Waals surface area contributed by atoms with Gasteiger partial charge in [-0.3, -0.25) is 4.79 Å². The molecule has 1 aromatic heterocycles. The molecule has 2 N–H and O–H groups in total. The second-order valence-corrected chi connectivity index (χ2v) is 4.95. The number of carboxylic acid groups (broad SMARTS) is 1. The van der Waals surface area contributed by atoms with Crippen molar-refractivity contribution in [2.75, 3.05) is 5.32 Å². The van der Waals surface area contributed by atoms with Crippen molar-refractivity contribution in [2.45, 2.75) is 12.3 Å². The number of carbonyl (C=O) groups is 2. The summed E-state index contributed by atoms with van der Waals surface area (Å²) in [5, 5.41) is 11.3. The maximum Gasteiger partial charge on any atom is 0.335 e. The molecular weight excluding hydrogens is 277 g/mol. The molecule has 2 atom stereocenters. The van der Waals surface area contributed by atoms with Crippen molar-refractivity contribution in [3.63, 3.8) is 0 Å². The summed E-state index contributed by atoms with van der Waals surface area (Å²) in [5.74, 6) is -1.71. The highest BCUT2D eigenvalue weighted by Gasteiger charge is 2.46. The van der Waals surface area contributed by atoms with Crippen LogP contribution in [0, 0.1) is 11.7 Å². The van der Waals surface area contributed by atoms with Gasteiger partial charge in [-0.1, -0.05) is 0 Å². The van der Waals surface area contributed by atoms with Gasteiger partial charge in [-0.15, -0.1) is 0 Å². The van der Waals surface area contributed by atoms with Crippen LogP contribution in [-0.4, -0.2) is 17.0 Å². The maximum absolute atomic E-state index is 13.6. The van der Waals surface area contributed by atoms with E-state index in [1.54, 1.807) is 18.4 Å². The van der Waals surface area contributed by atoms with E-state index in [0.717, 1.165) is 24.0 Å². The fraction of sp³-hybridized carbons (Fsp3) is 0.200. The third kappa shape index (κ3) is 2.65. The molecule has 5 nitrogen and oxygen atoms in total. The third-order valence-corrected chi connectivity index (χ3v) is 3.51. The van der Waals surface area contributed by atoms with E-state index in [2.05, 4.69) is 5.32 Å². The Balaban J connectivity index is 1.71. The third-order valence-electron chi connectivity index (χ3n) is 3.51. The topological polar surface area (TPSA) is 79.5 Å². The zero-order valence-electron chi connectivity index (χ0n) is 10.9. The maximum atomic E-state index is 13.6. The largest absolute Gasteiger partial charge is 0.478 e. The van der Waals surface area contributed by atoms with Crippen LogP contribution in [0.4, 0.5) is 10.1 Å². The number of amides is 1. The Bertz CT molecular complexity index is 696. The molecule has 1 amide bonds. The summed E-state index contributed by atoms with van der Waals surface area (Å²) < 4.78 is 18.9. The average molecular weight is 289 g/mol. The van der Waals surface area contributed by atoms with E-state index in [0.29, 0.717) is 6.42 Å². The zero-order valence-corrected chi connectivity index (χ0v) is 10.9. The van der Waals surface area contributed by atoms with Crippen LogP contribution >= 0.6 is 0 Å². The van der Waals surface area contributed by atoms with Gasteiger partial charge in [0, 0.05) is 11.8 Å². The summed E-state index contributed by atoms with van der Waals surface area (Å²) in [6, 6.07) is 6.83. The number of aromatic carboxylic acids is 1. The SMILES string of the molecule is O=C(O)c1ccc(F)c(NC(=O)[C@@H]2C[C@@H]2c2ccco2)c1. The quantitative estimate of drug-likeness (QED) is 0.907. The highest BCUT2D eigenvalue weighted by molar-refractivity contribution is 5.97. The van der Waals surface area contributed by atoms with E-state index >= 15 is 0 Å². The van der Waals surface area contributed by atoms with Crippen LogP contribution in [0.2, 0.25) is 0 Å². The molecule has 2 aromatic rings. The Labute approximate surface area is 119 Å². The second kappa shape index (κ2) is 5.05. The number of nitrogens with one attached hydrogen (secondary N) is 1. The monoisotopic (exact) mass is 289 g/mol. The normalized spacial score (nSPS) is 20.0. The molecule has 1 heterocycles. The van der Waals surface area contributed by atoms with E-state index < -0.39 is 11.8 Å². The van der Waals surface area contributed by atoms with Crippen molar-refractivity contribution in [1.82, 2.24) is 0 Å². The summed E-state index contributed by atoms with van der Waals surface area (Å²) in [7, 11) is 0. The van der Waals surface area contributed by atoms with Crippen molar-refractivity contribution in [1.29, 1.82) is 0 Å². The predicted molar refractivity (Wildman–Crippen MR) is 71.5 cm³/mol. The van der Waals surface area contributed by atoms with Crippen molar-refractivity contribution in [3.05, 3.63) is 53.7 Å². The number of benzene rings is 1. The lowest BCUT2D eigenvalue weighted by atomic mass is 10.2. The van der Waals surface area contributed by atoms with Gasteiger partial charge in [-0.25, -0.2) is 9.18 Å². The first kappa shape index (κ1) is 13.4. The zero-order chi connectivity index (χ0) is 15.0. The molecular formula is C15H12FNO4. The van der Waals surface area contributed by atoms with Crippen LogP contribution in [-0.2, 0) is 4.79 Å². The van der Waals surface area contributed by atoms with Crippen LogP contribution < -0.4 is 5.32 Å². The number of carbonyl (C=O) groups excluding carboxylic acids is 1. The van der Waals surface area contributed by atoms with Gasteiger partial charge in [0.1, 0.15) is 11.6 Å². The van der Waals surface area contributed by atoms with Crippen LogP contribution in [0.25, 0.3) is 0 Å².